The van der Waals surface area contributed by atoms with Crippen LogP contribution in [0.4, 0.5) is 0 Å². The average Bonchev–Trinajstić information content (AvgIpc) is 3.06. The van der Waals surface area contributed by atoms with E-state index in [0.29, 0.717) is 30.2 Å². The Kier molecular flexibility index (Phi) is 3.46. The van der Waals surface area contributed by atoms with Crippen LogP contribution in [0.5, 0.6) is 5.75 Å². The minimum Gasteiger partial charge on any atom is -0.485 e. The highest BCUT2D eigenvalue weighted by Gasteiger charge is 2.29. The van der Waals surface area contributed by atoms with Gasteiger partial charge in [0.25, 0.3) is 0 Å². The van der Waals surface area contributed by atoms with Gasteiger partial charge in [0.15, 0.2) is 6.61 Å². The molecule has 5 heteroatoms. The molecule has 3 rings (SSSR count). The molecule has 1 aliphatic rings. The molecule has 0 unspecified atom stereocenters. The molecule has 0 saturated carbocycles. The third kappa shape index (κ3) is 2.76. The van der Waals surface area contributed by atoms with Crippen LogP contribution >= 0.6 is 0 Å². The third-order valence-corrected chi connectivity index (χ3v) is 3.43. The van der Waals surface area contributed by atoms with Crippen molar-refractivity contribution in [2.75, 3.05) is 13.1 Å². The van der Waals surface area contributed by atoms with Gasteiger partial charge in [-0.15, -0.1) is 0 Å². The molecule has 1 aliphatic heterocycles. The first-order valence-electron chi connectivity index (χ1n) is 6.54. The molecule has 1 N–H and O–H groups in total. The van der Waals surface area contributed by atoms with E-state index in [-0.39, 0.29) is 0 Å². The van der Waals surface area contributed by atoms with Crippen LogP contribution in [-0.2, 0) is 6.61 Å². The lowest BCUT2D eigenvalue weighted by Gasteiger charge is -2.07. The average molecular weight is 259 g/mol. The lowest BCUT2D eigenvalue weighted by atomic mass is 9.98. The van der Waals surface area contributed by atoms with Gasteiger partial charge in [0, 0.05) is 6.54 Å². The number of hydrogen-bond donors (Lipinski definition) is 1. The van der Waals surface area contributed by atoms with Crippen LogP contribution in [0, 0.1) is 5.92 Å². The number of ether oxygens (including phenoxy) is 1. The maximum atomic E-state index is 5.59. The summed E-state index contributed by atoms with van der Waals surface area (Å²) in [6.07, 6.45) is 0. The Bertz CT molecular complexity index is 526. The predicted molar refractivity (Wildman–Crippen MR) is 69.8 cm³/mol. The van der Waals surface area contributed by atoms with E-state index in [9.17, 15) is 0 Å². The number of para-hydroxylation sites is 1. The van der Waals surface area contributed by atoms with Crippen LogP contribution in [0.15, 0.2) is 34.9 Å². The smallest absolute Gasteiger partial charge is 0.231 e. The van der Waals surface area contributed by atoms with E-state index in [2.05, 4.69) is 22.4 Å². The van der Waals surface area contributed by atoms with E-state index in [0.717, 1.165) is 18.8 Å². The second-order valence-electron chi connectivity index (χ2n) is 4.89. The molecule has 1 aromatic carbocycles. The van der Waals surface area contributed by atoms with Crippen LogP contribution < -0.4 is 10.1 Å². The number of nitrogens with zero attached hydrogens (tertiary/aromatic N) is 2. The predicted octanol–water partition coefficient (Wildman–Crippen LogP) is 1.97. The Hall–Kier alpha value is -1.88. The number of nitrogens with one attached hydrogen (secondary N) is 1. The lowest BCUT2D eigenvalue weighted by molar-refractivity contribution is 0.283. The van der Waals surface area contributed by atoms with Gasteiger partial charge in [0.05, 0.1) is 5.92 Å². The second kappa shape index (κ2) is 5.40. The Labute approximate surface area is 112 Å². The van der Waals surface area contributed by atoms with Gasteiger partial charge in [0.2, 0.25) is 11.7 Å². The summed E-state index contributed by atoms with van der Waals surface area (Å²) >= 11 is 0. The van der Waals surface area contributed by atoms with Crippen molar-refractivity contribution >= 4 is 0 Å². The van der Waals surface area contributed by atoms with Gasteiger partial charge in [-0.05, 0) is 24.6 Å². The molecule has 1 saturated heterocycles. The van der Waals surface area contributed by atoms with Crippen LogP contribution in [-0.4, -0.2) is 23.2 Å². The van der Waals surface area contributed by atoms with Gasteiger partial charge < -0.3 is 14.6 Å². The van der Waals surface area contributed by atoms with Crippen molar-refractivity contribution in [2.24, 2.45) is 5.92 Å². The topological polar surface area (TPSA) is 60.2 Å². The Morgan fingerprint density at radius 1 is 1.32 bits per heavy atom. The van der Waals surface area contributed by atoms with Gasteiger partial charge in [-0.1, -0.05) is 30.3 Å². The maximum Gasteiger partial charge on any atom is 0.231 e. The van der Waals surface area contributed by atoms with Gasteiger partial charge in [-0.25, -0.2) is 0 Å². The molecule has 1 fully saturated rings. The molecule has 0 amide bonds. The quantitative estimate of drug-likeness (QED) is 0.909. The first-order chi connectivity index (χ1) is 9.33. The van der Waals surface area contributed by atoms with E-state index in [1.54, 1.807) is 0 Å². The molecule has 5 nitrogen and oxygen atoms in total. The summed E-state index contributed by atoms with van der Waals surface area (Å²) in [5, 5.41) is 7.30. The van der Waals surface area contributed by atoms with E-state index in [1.165, 1.54) is 0 Å². The van der Waals surface area contributed by atoms with Crippen molar-refractivity contribution in [1.29, 1.82) is 0 Å². The summed E-state index contributed by atoms with van der Waals surface area (Å²) in [7, 11) is 0. The van der Waals surface area contributed by atoms with Crippen molar-refractivity contribution in [1.82, 2.24) is 15.5 Å². The van der Waals surface area contributed by atoms with Crippen molar-refractivity contribution in [3.05, 3.63) is 42.0 Å². The molecule has 0 radical (unpaired) electrons. The first-order valence-corrected chi connectivity index (χ1v) is 6.54. The summed E-state index contributed by atoms with van der Waals surface area (Å²) < 4.78 is 10.9. The standard InChI is InChI=1S/C14H17N3O2/c1-10-7-15-8-12(10)14-16-13(17-19-14)9-18-11-5-3-2-4-6-11/h2-6,10,12,15H,7-9H2,1H3/t10-,12-/m1/s1. The Morgan fingerprint density at radius 2 is 2.16 bits per heavy atom. The summed E-state index contributed by atoms with van der Waals surface area (Å²) in [5.41, 5.74) is 0. The summed E-state index contributed by atoms with van der Waals surface area (Å²) in [6, 6.07) is 9.63. The maximum absolute atomic E-state index is 5.59. The van der Waals surface area contributed by atoms with Crippen molar-refractivity contribution in [3.63, 3.8) is 0 Å². The summed E-state index contributed by atoms with van der Waals surface area (Å²) in [6.45, 7) is 4.43. The van der Waals surface area contributed by atoms with Gasteiger partial charge >= 0.3 is 0 Å². The second-order valence-corrected chi connectivity index (χ2v) is 4.89. The van der Waals surface area contributed by atoms with Crippen LogP contribution in [0.1, 0.15) is 24.6 Å². The highest BCUT2D eigenvalue weighted by Crippen LogP contribution is 2.26. The molecule has 2 atom stereocenters. The van der Waals surface area contributed by atoms with Crippen molar-refractivity contribution in [3.8, 4) is 5.75 Å². The number of hydrogen-bond acceptors (Lipinski definition) is 5. The minimum atomic E-state index is 0.318. The zero-order valence-corrected chi connectivity index (χ0v) is 10.9. The molecule has 100 valence electrons. The van der Waals surface area contributed by atoms with E-state index < -0.39 is 0 Å². The monoisotopic (exact) mass is 259 g/mol. The van der Waals surface area contributed by atoms with Gasteiger partial charge in [0.1, 0.15) is 5.75 Å². The summed E-state index contributed by atoms with van der Waals surface area (Å²) in [4.78, 5) is 4.41. The normalized spacial score (nSPS) is 22.6. The highest BCUT2D eigenvalue weighted by atomic mass is 16.5. The number of aromatic nitrogens is 2. The largest absolute Gasteiger partial charge is 0.485 e. The molecule has 0 bridgehead atoms. The Morgan fingerprint density at radius 3 is 2.89 bits per heavy atom. The van der Waals surface area contributed by atoms with E-state index in [1.807, 2.05) is 30.3 Å². The van der Waals surface area contributed by atoms with Gasteiger partial charge in [-0.2, -0.15) is 4.98 Å². The Balaban J connectivity index is 1.62. The van der Waals surface area contributed by atoms with E-state index in [4.69, 9.17) is 9.26 Å². The van der Waals surface area contributed by atoms with Crippen LogP contribution in [0.2, 0.25) is 0 Å². The zero-order chi connectivity index (χ0) is 13.1. The third-order valence-electron chi connectivity index (χ3n) is 3.43. The molecule has 2 heterocycles. The fourth-order valence-corrected chi connectivity index (χ4v) is 2.28. The first kappa shape index (κ1) is 12.2. The SMILES string of the molecule is C[C@@H]1CNC[C@H]1c1nc(COc2ccccc2)no1. The fourth-order valence-electron chi connectivity index (χ4n) is 2.28. The van der Waals surface area contributed by atoms with E-state index >= 15 is 0 Å². The number of benzene rings is 1. The molecule has 2 aromatic rings. The highest BCUT2D eigenvalue weighted by molar-refractivity contribution is 5.21. The van der Waals surface area contributed by atoms with Crippen LogP contribution in [0.3, 0.4) is 0 Å². The summed E-state index contributed by atoms with van der Waals surface area (Å²) in [5.74, 6) is 2.97. The van der Waals surface area contributed by atoms with Gasteiger partial charge in [-0.3, -0.25) is 0 Å². The van der Waals surface area contributed by atoms with Crippen molar-refractivity contribution in [2.45, 2.75) is 19.4 Å². The molecule has 19 heavy (non-hydrogen) atoms. The molecule has 1 aromatic heterocycles. The number of rotatable bonds is 4. The lowest BCUT2D eigenvalue weighted by Crippen LogP contribution is -2.08. The van der Waals surface area contributed by atoms with Crippen LogP contribution in [0.25, 0.3) is 0 Å². The molecule has 0 aliphatic carbocycles. The van der Waals surface area contributed by atoms with Crippen molar-refractivity contribution < 1.29 is 9.26 Å². The zero-order valence-electron chi connectivity index (χ0n) is 10.9. The molecular weight excluding hydrogens is 242 g/mol. The minimum absolute atomic E-state index is 0.318. The fraction of sp³-hybridized carbons (Fsp3) is 0.429. The molecule has 0 spiro atoms. The molecular formula is C14H17N3O2.